The predicted molar refractivity (Wildman–Crippen MR) is 63.9 cm³/mol. The number of rotatable bonds is 4. The average Bonchev–Trinajstić information content (AvgIpc) is 3.10. The zero-order valence-corrected chi connectivity index (χ0v) is 10.3. The van der Waals surface area contributed by atoms with Crippen molar-refractivity contribution in [2.24, 2.45) is 0 Å². The van der Waals surface area contributed by atoms with Crippen LogP contribution in [0.25, 0.3) is 0 Å². The van der Waals surface area contributed by atoms with Gasteiger partial charge in [0.05, 0.1) is 0 Å². The molecule has 104 valence electrons. The van der Waals surface area contributed by atoms with Crippen molar-refractivity contribution in [2.75, 3.05) is 11.9 Å². The zero-order chi connectivity index (χ0) is 14.1. The lowest BCUT2D eigenvalue weighted by molar-refractivity contribution is -0.163. The number of aromatic nitrogens is 1. The first-order chi connectivity index (χ1) is 8.88. The topological polar surface area (TPSA) is 54.0 Å². The standard InChI is InChI=1S/C12H14F3N3O/c1-2-16-9-7-8(3-6-17-9)10(19)18-11(4-5-11)12(13,14)15/h3,6-7H,2,4-5H2,1H3,(H,16,17)(H,18,19). The molecule has 2 rings (SSSR count). The van der Waals surface area contributed by atoms with E-state index in [4.69, 9.17) is 0 Å². The van der Waals surface area contributed by atoms with Crippen molar-refractivity contribution in [1.29, 1.82) is 0 Å². The van der Waals surface area contributed by atoms with Crippen LogP contribution >= 0.6 is 0 Å². The maximum atomic E-state index is 12.7. The van der Waals surface area contributed by atoms with Crippen LogP contribution in [0.5, 0.6) is 0 Å². The molecule has 1 aliphatic rings. The van der Waals surface area contributed by atoms with E-state index in [2.05, 4.69) is 15.6 Å². The third-order valence-corrected chi connectivity index (χ3v) is 3.03. The summed E-state index contributed by atoms with van der Waals surface area (Å²) in [7, 11) is 0. The minimum absolute atomic E-state index is 0.0621. The lowest BCUT2D eigenvalue weighted by Gasteiger charge is -2.20. The van der Waals surface area contributed by atoms with Gasteiger partial charge in [0, 0.05) is 18.3 Å². The average molecular weight is 273 g/mol. The molecule has 1 aromatic heterocycles. The van der Waals surface area contributed by atoms with Gasteiger partial charge in [-0.15, -0.1) is 0 Å². The second kappa shape index (κ2) is 4.71. The molecule has 1 fully saturated rings. The Morgan fingerprint density at radius 2 is 2.16 bits per heavy atom. The van der Waals surface area contributed by atoms with E-state index >= 15 is 0 Å². The van der Waals surface area contributed by atoms with Gasteiger partial charge >= 0.3 is 6.18 Å². The van der Waals surface area contributed by atoms with E-state index in [1.54, 1.807) is 0 Å². The van der Waals surface area contributed by atoms with Crippen LogP contribution in [-0.2, 0) is 0 Å². The highest BCUT2D eigenvalue weighted by atomic mass is 19.4. The largest absolute Gasteiger partial charge is 0.411 e. The molecule has 1 aromatic rings. The summed E-state index contributed by atoms with van der Waals surface area (Å²) in [5, 5.41) is 4.97. The molecule has 0 atom stereocenters. The Kier molecular flexibility index (Phi) is 3.38. The van der Waals surface area contributed by atoms with Gasteiger partial charge in [-0.1, -0.05) is 0 Å². The fourth-order valence-electron chi connectivity index (χ4n) is 1.74. The van der Waals surface area contributed by atoms with Gasteiger partial charge in [0.1, 0.15) is 11.4 Å². The van der Waals surface area contributed by atoms with Gasteiger partial charge in [-0.25, -0.2) is 4.98 Å². The highest BCUT2D eigenvalue weighted by molar-refractivity contribution is 5.95. The molecule has 0 saturated heterocycles. The molecule has 4 nitrogen and oxygen atoms in total. The zero-order valence-electron chi connectivity index (χ0n) is 10.3. The molecule has 2 N–H and O–H groups in total. The predicted octanol–water partition coefficient (Wildman–Crippen LogP) is 2.34. The monoisotopic (exact) mass is 273 g/mol. The van der Waals surface area contributed by atoms with E-state index in [1.165, 1.54) is 18.3 Å². The van der Waals surface area contributed by atoms with Crippen LogP contribution in [0.3, 0.4) is 0 Å². The molecule has 7 heteroatoms. The number of nitrogens with one attached hydrogen (secondary N) is 2. The van der Waals surface area contributed by atoms with Crippen LogP contribution in [0.4, 0.5) is 19.0 Å². The SMILES string of the molecule is CCNc1cc(C(=O)NC2(C(F)(F)F)CC2)ccn1. The van der Waals surface area contributed by atoms with Crippen LogP contribution in [0.1, 0.15) is 30.1 Å². The molecular weight excluding hydrogens is 259 g/mol. The fourth-order valence-corrected chi connectivity index (χ4v) is 1.74. The summed E-state index contributed by atoms with van der Waals surface area (Å²) in [6.07, 6.45) is -3.14. The highest BCUT2D eigenvalue weighted by Gasteiger charge is 2.64. The molecule has 0 aliphatic heterocycles. The first-order valence-corrected chi connectivity index (χ1v) is 5.97. The number of anilines is 1. The number of hydrogen-bond acceptors (Lipinski definition) is 3. The molecule has 1 amide bonds. The third-order valence-electron chi connectivity index (χ3n) is 3.03. The highest BCUT2D eigenvalue weighted by Crippen LogP contribution is 2.49. The van der Waals surface area contributed by atoms with Gasteiger partial charge in [-0.3, -0.25) is 4.79 Å². The molecule has 0 spiro atoms. The number of amides is 1. The number of nitrogens with zero attached hydrogens (tertiary/aromatic N) is 1. The first kappa shape index (κ1) is 13.6. The summed E-state index contributed by atoms with van der Waals surface area (Å²) >= 11 is 0. The molecule has 1 aliphatic carbocycles. The Balaban J connectivity index is 2.10. The Morgan fingerprint density at radius 1 is 1.47 bits per heavy atom. The maximum absolute atomic E-state index is 12.7. The van der Waals surface area contributed by atoms with Crippen molar-refractivity contribution in [3.8, 4) is 0 Å². The smallest absolute Gasteiger partial charge is 0.370 e. The van der Waals surface area contributed by atoms with Crippen molar-refractivity contribution >= 4 is 11.7 Å². The lowest BCUT2D eigenvalue weighted by atomic mass is 10.2. The fraction of sp³-hybridized carbons (Fsp3) is 0.500. The number of halogens is 3. The van der Waals surface area contributed by atoms with Gasteiger partial charge in [-0.05, 0) is 31.9 Å². The number of pyridine rings is 1. The van der Waals surface area contributed by atoms with Crippen molar-refractivity contribution in [2.45, 2.75) is 31.5 Å². The van der Waals surface area contributed by atoms with E-state index in [-0.39, 0.29) is 18.4 Å². The molecular formula is C12H14F3N3O. The Labute approximate surface area is 108 Å². The molecule has 1 heterocycles. The summed E-state index contributed by atoms with van der Waals surface area (Å²) in [6.45, 7) is 2.47. The summed E-state index contributed by atoms with van der Waals surface area (Å²) in [6, 6.07) is 2.83. The van der Waals surface area contributed by atoms with Gasteiger partial charge in [-0.2, -0.15) is 13.2 Å². The van der Waals surface area contributed by atoms with Crippen LogP contribution < -0.4 is 10.6 Å². The van der Waals surface area contributed by atoms with Crippen LogP contribution in [0.15, 0.2) is 18.3 Å². The molecule has 0 radical (unpaired) electrons. The quantitative estimate of drug-likeness (QED) is 0.885. The number of carbonyl (C=O) groups is 1. The Bertz CT molecular complexity index is 483. The van der Waals surface area contributed by atoms with Crippen molar-refractivity contribution in [3.05, 3.63) is 23.9 Å². The van der Waals surface area contributed by atoms with E-state index in [9.17, 15) is 18.0 Å². The summed E-state index contributed by atoms with van der Waals surface area (Å²) in [5.41, 5.74) is -1.87. The lowest BCUT2D eigenvalue weighted by Crippen LogP contribution is -2.47. The van der Waals surface area contributed by atoms with Crippen molar-refractivity contribution in [1.82, 2.24) is 10.3 Å². The molecule has 0 bridgehead atoms. The minimum Gasteiger partial charge on any atom is -0.370 e. The number of hydrogen-bond donors (Lipinski definition) is 2. The van der Waals surface area contributed by atoms with E-state index in [0.717, 1.165) is 0 Å². The minimum atomic E-state index is -4.40. The maximum Gasteiger partial charge on any atom is 0.411 e. The molecule has 1 saturated carbocycles. The number of alkyl halides is 3. The van der Waals surface area contributed by atoms with E-state index in [0.29, 0.717) is 12.4 Å². The summed E-state index contributed by atoms with van der Waals surface area (Å²) in [4.78, 5) is 15.8. The summed E-state index contributed by atoms with van der Waals surface area (Å²) < 4.78 is 38.2. The van der Waals surface area contributed by atoms with Gasteiger partial charge in [0.25, 0.3) is 5.91 Å². The molecule has 0 unspecified atom stereocenters. The first-order valence-electron chi connectivity index (χ1n) is 5.97. The second-order valence-corrected chi connectivity index (χ2v) is 4.49. The Hall–Kier alpha value is -1.79. The Morgan fingerprint density at radius 3 is 2.68 bits per heavy atom. The van der Waals surface area contributed by atoms with Gasteiger partial charge in [0.2, 0.25) is 0 Å². The molecule has 19 heavy (non-hydrogen) atoms. The summed E-state index contributed by atoms with van der Waals surface area (Å²) in [5.74, 6) is -0.261. The van der Waals surface area contributed by atoms with Crippen LogP contribution in [0.2, 0.25) is 0 Å². The second-order valence-electron chi connectivity index (χ2n) is 4.49. The van der Waals surface area contributed by atoms with Crippen molar-refractivity contribution in [3.63, 3.8) is 0 Å². The molecule has 0 aromatic carbocycles. The van der Waals surface area contributed by atoms with Crippen LogP contribution in [-0.4, -0.2) is 29.2 Å². The van der Waals surface area contributed by atoms with Crippen LogP contribution in [0, 0.1) is 0 Å². The van der Waals surface area contributed by atoms with Gasteiger partial charge in [0.15, 0.2) is 0 Å². The van der Waals surface area contributed by atoms with Crippen molar-refractivity contribution < 1.29 is 18.0 Å². The normalized spacial score (nSPS) is 16.8. The number of carbonyl (C=O) groups excluding carboxylic acids is 1. The van der Waals surface area contributed by atoms with Gasteiger partial charge < -0.3 is 10.6 Å². The van der Waals surface area contributed by atoms with E-state index in [1.807, 2.05) is 6.92 Å². The third kappa shape index (κ3) is 2.80. The van der Waals surface area contributed by atoms with E-state index < -0.39 is 17.6 Å².